The second-order valence-electron chi connectivity index (χ2n) is 4.17. The van der Waals surface area contributed by atoms with Crippen molar-refractivity contribution in [2.75, 3.05) is 16.4 Å². The fourth-order valence-corrected chi connectivity index (χ4v) is 5.80. The fourth-order valence-electron chi connectivity index (χ4n) is 1.98. The van der Waals surface area contributed by atoms with E-state index >= 15 is 0 Å². The van der Waals surface area contributed by atoms with Crippen molar-refractivity contribution in [1.82, 2.24) is 0 Å². The molecule has 7 heteroatoms. The number of fused-ring (bicyclic) bond motifs is 1. The second-order valence-corrected chi connectivity index (χ2v) is 7.82. The van der Waals surface area contributed by atoms with Crippen LogP contribution in [0.25, 0.3) is 0 Å². The van der Waals surface area contributed by atoms with E-state index < -0.39 is 9.84 Å². The summed E-state index contributed by atoms with van der Waals surface area (Å²) in [7, 11) is -3.12. The molecule has 1 atom stereocenters. The van der Waals surface area contributed by atoms with Crippen molar-refractivity contribution in [1.29, 1.82) is 0 Å². The van der Waals surface area contributed by atoms with Crippen LogP contribution in [0.15, 0.2) is 34.7 Å². The summed E-state index contributed by atoms with van der Waals surface area (Å²) in [6.07, 6.45) is 0. The molecule has 0 saturated carbocycles. The highest BCUT2D eigenvalue weighted by Gasteiger charge is 2.32. The molecule has 3 rings (SSSR count). The SMILES string of the molecule is O=S1(=O)C=C(Cl)[C@H](SC2Nc3ccccc3N2)C1. The first-order chi connectivity index (χ1) is 8.53. The van der Waals surface area contributed by atoms with E-state index in [1.54, 1.807) is 0 Å². The third-order valence-corrected chi connectivity index (χ3v) is 6.29. The van der Waals surface area contributed by atoms with Gasteiger partial charge in [0.25, 0.3) is 0 Å². The Morgan fingerprint density at radius 1 is 1.22 bits per heavy atom. The first kappa shape index (κ1) is 12.2. The monoisotopic (exact) mass is 302 g/mol. The molecule has 96 valence electrons. The second kappa shape index (κ2) is 4.36. The number of sulfone groups is 1. The largest absolute Gasteiger partial charge is 0.355 e. The molecular formula is C11H11ClN2O2S2. The summed E-state index contributed by atoms with van der Waals surface area (Å²) in [6, 6.07) is 7.86. The summed E-state index contributed by atoms with van der Waals surface area (Å²) < 4.78 is 22.9. The average molecular weight is 303 g/mol. The van der Waals surface area contributed by atoms with E-state index in [-0.39, 0.29) is 16.5 Å². The number of rotatable bonds is 2. The lowest BCUT2D eigenvalue weighted by Crippen LogP contribution is -2.23. The predicted molar refractivity (Wildman–Crippen MR) is 76.6 cm³/mol. The van der Waals surface area contributed by atoms with Crippen molar-refractivity contribution in [3.05, 3.63) is 34.7 Å². The molecule has 0 aliphatic carbocycles. The van der Waals surface area contributed by atoms with E-state index in [1.807, 2.05) is 24.3 Å². The Labute approximate surface area is 115 Å². The summed E-state index contributed by atoms with van der Waals surface area (Å²) in [5.41, 5.74) is 2.00. The Morgan fingerprint density at radius 2 is 1.83 bits per heavy atom. The van der Waals surface area contributed by atoms with Crippen molar-refractivity contribution in [3.63, 3.8) is 0 Å². The molecule has 0 aromatic heterocycles. The van der Waals surface area contributed by atoms with E-state index in [9.17, 15) is 8.42 Å². The molecule has 2 aliphatic heterocycles. The quantitative estimate of drug-likeness (QED) is 0.878. The molecule has 0 amide bonds. The van der Waals surface area contributed by atoms with Gasteiger partial charge in [-0.15, -0.1) is 11.8 Å². The van der Waals surface area contributed by atoms with Gasteiger partial charge in [0.2, 0.25) is 0 Å². The Kier molecular flexibility index (Phi) is 2.96. The lowest BCUT2D eigenvalue weighted by Gasteiger charge is -2.16. The van der Waals surface area contributed by atoms with Crippen molar-refractivity contribution in [2.24, 2.45) is 0 Å². The minimum absolute atomic E-state index is 0.0529. The number of anilines is 2. The van der Waals surface area contributed by atoms with Gasteiger partial charge in [0, 0.05) is 10.4 Å². The van der Waals surface area contributed by atoms with Crippen molar-refractivity contribution < 1.29 is 8.42 Å². The molecule has 0 radical (unpaired) electrons. The highest BCUT2D eigenvalue weighted by Crippen LogP contribution is 2.38. The van der Waals surface area contributed by atoms with E-state index in [4.69, 9.17) is 11.6 Å². The van der Waals surface area contributed by atoms with Crippen molar-refractivity contribution in [2.45, 2.75) is 10.7 Å². The minimum Gasteiger partial charge on any atom is -0.355 e. The molecule has 0 saturated heterocycles. The number of nitrogens with one attached hydrogen (secondary N) is 2. The lowest BCUT2D eigenvalue weighted by atomic mass is 10.3. The standard InChI is InChI=1S/C11H11ClN2O2S2/c12-7-5-18(15,16)6-10(7)17-11-13-8-3-1-2-4-9(8)14-11/h1-5,10-11,13-14H,6H2/t10-/m1/s1. The van der Waals surface area contributed by atoms with Gasteiger partial charge in [0.1, 0.15) is 5.50 Å². The fraction of sp³-hybridized carbons (Fsp3) is 0.273. The van der Waals surface area contributed by atoms with Crippen LogP contribution >= 0.6 is 23.4 Å². The number of thioether (sulfide) groups is 1. The summed E-state index contributed by atoms with van der Waals surface area (Å²) in [5.74, 6) is 0.0761. The van der Waals surface area contributed by atoms with E-state index in [0.717, 1.165) is 16.8 Å². The summed E-state index contributed by atoms with van der Waals surface area (Å²) in [5, 5.41) is 7.93. The van der Waals surface area contributed by atoms with Crippen LogP contribution in [-0.4, -0.2) is 24.9 Å². The first-order valence-electron chi connectivity index (χ1n) is 5.41. The van der Waals surface area contributed by atoms with Gasteiger partial charge >= 0.3 is 0 Å². The topological polar surface area (TPSA) is 58.2 Å². The number of hydrogen-bond acceptors (Lipinski definition) is 5. The maximum Gasteiger partial charge on any atom is 0.174 e. The molecule has 18 heavy (non-hydrogen) atoms. The number of halogens is 1. The highest BCUT2D eigenvalue weighted by molar-refractivity contribution is 8.03. The van der Waals surface area contributed by atoms with Gasteiger partial charge in [-0.3, -0.25) is 0 Å². The van der Waals surface area contributed by atoms with Crippen LogP contribution in [0.2, 0.25) is 0 Å². The molecule has 0 bridgehead atoms. The van der Waals surface area contributed by atoms with E-state index in [1.165, 1.54) is 11.8 Å². The van der Waals surface area contributed by atoms with Gasteiger partial charge < -0.3 is 10.6 Å². The summed E-state index contributed by atoms with van der Waals surface area (Å²) in [4.78, 5) is 0. The molecule has 1 aromatic rings. The average Bonchev–Trinajstić information content (AvgIpc) is 2.79. The van der Waals surface area contributed by atoms with Gasteiger partial charge in [0.05, 0.1) is 22.4 Å². The van der Waals surface area contributed by atoms with Gasteiger partial charge in [-0.05, 0) is 12.1 Å². The Morgan fingerprint density at radius 3 is 2.33 bits per heavy atom. The van der Waals surface area contributed by atoms with Crippen LogP contribution < -0.4 is 10.6 Å². The molecule has 4 nitrogen and oxygen atoms in total. The number of para-hydroxylation sites is 2. The Hall–Kier alpha value is -0.850. The molecule has 2 heterocycles. The summed E-state index contributed by atoms with van der Waals surface area (Å²) >= 11 is 7.44. The van der Waals surface area contributed by atoms with Crippen LogP contribution in [0.5, 0.6) is 0 Å². The van der Waals surface area contributed by atoms with Crippen LogP contribution in [0, 0.1) is 0 Å². The first-order valence-corrected chi connectivity index (χ1v) is 8.44. The number of benzene rings is 1. The van der Waals surface area contributed by atoms with Crippen molar-refractivity contribution in [3.8, 4) is 0 Å². The molecule has 1 aromatic carbocycles. The smallest absolute Gasteiger partial charge is 0.174 e. The van der Waals surface area contributed by atoms with Crippen LogP contribution in [0.4, 0.5) is 11.4 Å². The van der Waals surface area contributed by atoms with Crippen LogP contribution in [0.1, 0.15) is 0 Å². The van der Waals surface area contributed by atoms with Crippen molar-refractivity contribution >= 4 is 44.6 Å². The molecule has 0 fully saturated rings. The van der Waals surface area contributed by atoms with Gasteiger partial charge in [-0.1, -0.05) is 23.7 Å². The maximum absolute atomic E-state index is 11.4. The van der Waals surface area contributed by atoms with Gasteiger partial charge in [-0.25, -0.2) is 8.42 Å². The maximum atomic E-state index is 11.4. The summed E-state index contributed by atoms with van der Waals surface area (Å²) in [6.45, 7) is 0. The predicted octanol–water partition coefficient (Wildman–Crippen LogP) is 2.42. The Bertz CT molecular complexity index is 590. The normalized spacial score (nSPS) is 25.2. The molecule has 0 unspecified atom stereocenters. The zero-order chi connectivity index (χ0) is 12.8. The highest BCUT2D eigenvalue weighted by atomic mass is 35.5. The molecule has 0 spiro atoms. The zero-order valence-electron chi connectivity index (χ0n) is 9.26. The lowest BCUT2D eigenvalue weighted by molar-refractivity contribution is 0.606. The minimum atomic E-state index is -3.12. The van der Waals surface area contributed by atoms with Gasteiger partial charge in [0.15, 0.2) is 9.84 Å². The number of hydrogen-bond donors (Lipinski definition) is 2. The Balaban J connectivity index is 1.69. The third kappa shape index (κ3) is 2.32. The van der Waals surface area contributed by atoms with E-state index in [2.05, 4.69) is 10.6 Å². The molecule has 2 aliphatic rings. The third-order valence-electron chi connectivity index (χ3n) is 2.78. The van der Waals surface area contributed by atoms with Gasteiger partial charge in [-0.2, -0.15) is 0 Å². The van der Waals surface area contributed by atoms with Crippen LogP contribution in [-0.2, 0) is 9.84 Å². The van der Waals surface area contributed by atoms with Crippen LogP contribution in [0.3, 0.4) is 0 Å². The van der Waals surface area contributed by atoms with E-state index in [0.29, 0.717) is 5.03 Å². The molecule has 2 N–H and O–H groups in total. The zero-order valence-corrected chi connectivity index (χ0v) is 11.6. The molecular weight excluding hydrogens is 292 g/mol.